The van der Waals surface area contributed by atoms with Crippen LogP contribution < -0.4 is 10.5 Å². The van der Waals surface area contributed by atoms with E-state index in [-0.39, 0.29) is 0 Å². The first-order valence-corrected chi connectivity index (χ1v) is 5.20. The van der Waals surface area contributed by atoms with Crippen LogP contribution in [0.2, 0.25) is 0 Å². The summed E-state index contributed by atoms with van der Waals surface area (Å²) >= 11 is 0. The zero-order chi connectivity index (χ0) is 10.9. The smallest absolute Gasteiger partial charge is 0.122 e. The Balaban J connectivity index is 2.03. The Hall–Kier alpha value is -1.09. The van der Waals surface area contributed by atoms with Gasteiger partial charge in [-0.2, -0.15) is 0 Å². The molecule has 2 rings (SSSR count). The number of rotatable bonds is 4. The van der Waals surface area contributed by atoms with E-state index in [0.717, 1.165) is 24.2 Å². The summed E-state index contributed by atoms with van der Waals surface area (Å²) in [6.45, 7) is 0. The van der Waals surface area contributed by atoms with Crippen LogP contribution >= 0.6 is 0 Å². The molecule has 1 aromatic rings. The number of alkyl halides is 1. The summed E-state index contributed by atoms with van der Waals surface area (Å²) in [5, 5.41) is 0. The highest BCUT2D eigenvalue weighted by atomic mass is 19.1. The van der Waals surface area contributed by atoms with Gasteiger partial charge in [-0.25, -0.2) is 4.39 Å². The first-order valence-electron chi connectivity index (χ1n) is 5.20. The summed E-state index contributed by atoms with van der Waals surface area (Å²) in [5.41, 5.74) is 6.19. The molecule has 2 nitrogen and oxygen atoms in total. The molecule has 82 valence electrons. The molecule has 0 radical (unpaired) electrons. The van der Waals surface area contributed by atoms with E-state index in [4.69, 9.17) is 10.5 Å². The number of ether oxygens (including phenoxy) is 1. The molecule has 1 saturated carbocycles. The minimum absolute atomic E-state index is 0.383. The van der Waals surface area contributed by atoms with Crippen LogP contribution in [0, 0.1) is 0 Å². The van der Waals surface area contributed by atoms with Gasteiger partial charge in [0.05, 0.1) is 7.11 Å². The number of methoxy groups -OCH3 is 1. The number of nitrogens with two attached hydrogens (primary N) is 1. The van der Waals surface area contributed by atoms with E-state index in [1.807, 2.05) is 24.3 Å². The highest BCUT2D eigenvalue weighted by Gasteiger charge is 2.46. The quantitative estimate of drug-likeness (QED) is 0.823. The summed E-state index contributed by atoms with van der Waals surface area (Å²) < 4.78 is 18.8. The van der Waals surface area contributed by atoms with Crippen LogP contribution in [0.5, 0.6) is 5.75 Å². The van der Waals surface area contributed by atoms with Crippen molar-refractivity contribution in [2.75, 3.05) is 7.11 Å². The number of halogens is 1. The fourth-order valence-corrected chi connectivity index (χ4v) is 1.67. The second-order valence-corrected chi connectivity index (χ2v) is 4.26. The van der Waals surface area contributed by atoms with Crippen LogP contribution in [0.15, 0.2) is 24.3 Å². The van der Waals surface area contributed by atoms with Crippen molar-refractivity contribution >= 4 is 0 Å². The molecule has 1 aliphatic rings. The third kappa shape index (κ3) is 2.29. The van der Waals surface area contributed by atoms with Crippen molar-refractivity contribution in [2.24, 2.45) is 5.73 Å². The molecule has 2 N–H and O–H groups in total. The summed E-state index contributed by atoms with van der Waals surface area (Å²) in [5.74, 6) is 0.765. The molecule has 0 amide bonds. The minimum atomic E-state index is -0.940. The van der Waals surface area contributed by atoms with Gasteiger partial charge in [0, 0.05) is 12.0 Å². The van der Waals surface area contributed by atoms with E-state index < -0.39 is 11.7 Å². The molecule has 0 spiro atoms. The zero-order valence-electron chi connectivity index (χ0n) is 8.87. The fraction of sp³-hybridized carbons (Fsp3) is 0.500. The highest BCUT2D eigenvalue weighted by molar-refractivity contribution is 5.29. The Labute approximate surface area is 89.2 Å². The van der Waals surface area contributed by atoms with Crippen LogP contribution in [-0.4, -0.2) is 18.8 Å². The Bertz CT molecular complexity index is 349. The lowest BCUT2D eigenvalue weighted by molar-refractivity contribution is 0.266. The van der Waals surface area contributed by atoms with E-state index in [9.17, 15) is 4.39 Å². The lowest BCUT2D eigenvalue weighted by Gasteiger charge is -2.15. The largest absolute Gasteiger partial charge is 0.497 e. The maximum Gasteiger partial charge on any atom is 0.122 e. The van der Waals surface area contributed by atoms with Crippen LogP contribution in [0.4, 0.5) is 4.39 Å². The second-order valence-electron chi connectivity index (χ2n) is 4.26. The average molecular weight is 209 g/mol. The Morgan fingerprint density at radius 3 is 2.87 bits per heavy atom. The lowest BCUT2D eigenvalue weighted by Crippen LogP contribution is -2.35. The SMILES string of the molecule is COc1cccc(CC(F)C2(N)CC2)c1. The van der Waals surface area contributed by atoms with E-state index in [0.29, 0.717) is 6.42 Å². The van der Waals surface area contributed by atoms with Crippen molar-refractivity contribution < 1.29 is 9.13 Å². The standard InChI is InChI=1S/C12H16FNO/c1-15-10-4-2-3-9(7-10)8-11(13)12(14)5-6-12/h2-4,7,11H,5-6,8,14H2,1H3. The maximum atomic E-state index is 13.7. The van der Waals surface area contributed by atoms with Crippen molar-refractivity contribution in [3.63, 3.8) is 0 Å². The molecule has 0 aromatic heterocycles. The Morgan fingerprint density at radius 1 is 1.53 bits per heavy atom. The van der Waals surface area contributed by atoms with Crippen molar-refractivity contribution in [2.45, 2.75) is 31.0 Å². The predicted molar refractivity (Wildman–Crippen MR) is 57.7 cm³/mol. The van der Waals surface area contributed by atoms with Crippen LogP contribution in [0.3, 0.4) is 0 Å². The molecule has 1 aliphatic carbocycles. The highest BCUT2D eigenvalue weighted by Crippen LogP contribution is 2.38. The van der Waals surface area contributed by atoms with E-state index >= 15 is 0 Å². The first-order chi connectivity index (χ1) is 7.14. The summed E-state index contributed by atoms with van der Waals surface area (Å²) in [4.78, 5) is 0. The molecule has 0 aliphatic heterocycles. The summed E-state index contributed by atoms with van der Waals surface area (Å²) in [7, 11) is 1.61. The van der Waals surface area contributed by atoms with E-state index in [1.165, 1.54) is 0 Å². The molecule has 0 heterocycles. The van der Waals surface area contributed by atoms with Crippen molar-refractivity contribution in [3.05, 3.63) is 29.8 Å². The van der Waals surface area contributed by atoms with Gasteiger partial charge in [-0.05, 0) is 30.5 Å². The number of hydrogen-bond acceptors (Lipinski definition) is 2. The second kappa shape index (κ2) is 3.81. The number of hydrogen-bond donors (Lipinski definition) is 1. The van der Waals surface area contributed by atoms with E-state index in [2.05, 4.69) is 0 Å². The van der Waals surface area contributed by atoms with E-state index in [1.54, 1.807) is 7.11 Å². The van der Waals surface area contributed by atoms with Crippen LogP contribution in [0.1, 0.15) is 18.4 Å². The van der Waals surface area contributed by atoms with Gasteiger partial charge >= 0.3 is 0 Å². The third-order valence-corrected chi connectivity index (χ3v) is 3.00. The molecular weight excluding hydrogens is 193 g/mol. The monoisotopic (exact) mass is 209 g/mol. The van der Waals surface area contributed by atoms with Gasteiger partial charge in [0.2, 0.25) is 0 Å². The molecule has 1 atom stereocenters. The molecule has 15 heavy (non-hydrogen) atoms. The Morgan fingerprint density at radius 2 is 2.27 bits per heavy atom. The fourth-order valence-electron chi connectivity index (χ4n) is 1.67. The average Bonchev–Trinajstić information content (AvgIpc) is 2.98. The number of benzene rings is 1. The molecule has 1 fully saturated rings. The maximum absolute atomic E-state index is 13.7. The molecule has 1 aromatic carbocycles. The third-order valence-electron chi connectivity index (χ3n) is 3.00. The summed E-state index contributed by atoms with van der Waals surface area (Å²) in [6.07, 6.45) is 1.05. The molecule has 1 unspecified atom stereocenters. The van der Waals surface area contributed by atoms with Gasteiger partial charge < -0.3 is 10.5 Å². The zero-order valence-corrected chi connectivity index (χ0v) is 8.87. The minimum Gasteiger partial charge on any atom is -0.497 e. The molecule has 3 heteroatoms. The van der Waals surface area contributed by atoms with Crippen molar-refractivity contribution in [3.8, 4) is 5.75 Å². The normalized spacial score (nSPS) is 19.7. The molecular formula is C12H16FNO. The van der Waals surface area contributed by atoms with Crippen molar-refractivity contribution in [1.82, 2.24) is 0 Å². The van der Waals surface area contributed by atoms with Gasteiger partial charge in [-0.1, -0.05) is 12.1 Å². The van der Waals surface area contributed by atoms with Gasteiger partial charge in [-0.3, -0.25) is 0 Å². The molecule has 0 bridgehead atoms. The van der Waals surface area contributed by atoms with Gasteiger partial charge in [0.15, 0.2) is 0 Å². The topological polar surface area (TPSA) is 35.2 Å². The van der Waals surface area contributed by atoms with Gasteiger partial charge in [-0.15, -0.1) is 0 Å². The Kier molecular flexibility index (Phi) is 2.65. The van der Waals surface area contributed by atoms with Gasteiger partial charge in [0.1, 0.15) is 11.9 Å². The molecule has 0 saturated heterocycles. The van der Waals surface area contributed by atoms with Crippen molar-refractivity contribution in [1.29, 1.82) is 0 Å². The lowest BCUT2D eigenvalue weighted by atomic mass is 10.0. The van der Waals surface area contributed by atoms with Crippen LogP contribution in [-0.2, 0) is 6.42 Å². The first kappa shape index (κ1) is 10.4. The van der Waals surface area contributed by atoms with Gasteiger partial charge in [0.25, 0.3) is 0 Å². The van der Waals surface area contributed by atoms with Crippen LogP contribution in [0.25, 0.3) is 0 Å². The summed E-state index contributed by atoms with van der Waals surface area (Å²) in [6, 6.07) is 7.49. The predicted octanol–water partition coefficient (Wildman–Crippen LogP) is 2.07.